The molecule has 2 heterocycles. The third-order valence-corrected chi connectivity index (χ3v) is 11.1. The van der Waals surface area contributed by atoms with Gasteiger partial charge < -0.3 is 31.2 Å². The number of hydrogen-bond donors (Lipinski definition) is 4. The van der Waals surface area contributed by atoms with E-state index in [1.54, 1.807) is 27.9 Å². The second-order valence-electron chi connectivity index (χ2n) is 15.2. The van der Waals surface area contributed by atoms with Crippen molar-refractivity contribution in [2.45, 2.75) is 82.0 Å². The first-order valence-electron chi connectivity index (χ1n) is 19.4. The second-order valence-corrected chi connectivity index (χ2v) is 15.2. The van der Waals surface area contributed by atoms with E-state index in [0.29, 0.717) is 24.3 Å². The van der Waals surface area contributed by atoms with E-state index in [1.807, 2.05) is 54.7 Å². The molecule has 3 aromatic carbocycles. The van der Waals surface area contributed by atoms with Gasteiger partial charge in [-0.2, -0.15) is 0 Å². The number of carbonyl (C=O) groups excluding carboxylic acids is 4. The van der Waals surface area contributed by atoms with Crippen LogP contribution >= 0.6 is 0 Å². The lowest BCUT2D eigenvalue weighted by molar-refractivity contribution is -0.133. The lowest BCUT2D eigenvalue weighted by Gasteiger charge is -2.18. The normalized spacial score (nSPS) is 23.3. The van der Waals surface area contributed by atoms with Crippen LogP contribution in [-0.4, -0.2) is 75.8 Å². The zero-order chi connectivity index (χ0) is 37.6. The molecule has 3 fully saturated rings. The van der Waals surface area contributed by atoms with Gasteiger partial charge in [0.05, 0.1) is 23.9 Å². The summed E-state index contributed by atoms with van der Waals surface area (Å²) in [7, 11) is 0. The Labute approximate surface area is 317 Å². The summed E-state index contributed by atoms with van der Waals surface area (Å²) in [5.74, 6) is -1.57. The molecule has 0 radical (unpaired) electrons. The molecule has 1 aliphatic heterocycles. The maximum Gasteiger partial charge on any atom is 0.253 e. The standard InChI is InChI=1S/C43H51N7O4/c1-2-3-4-11-20-45-42(53)36(44)25-49-26-39(46-27-49)30-16-18-31(19-17-30)43(54)50-23-34(40(51)47-37-21-32(37)28-12-7-5-8-13-28)35(24-50)41(52)48-38-22-33(38)29-14-9-6-10-15-29/h5-10,12-19,26-27,32-38H,2-4,11,20-25,44H2,1H3,(H,45,53)(H,47,51)(H,48,52)/t32-,33-,34-,35-,36+,37+,38+/m1/s1. The van der Waals surface area contributed by atoms with Crippen molar-refractivity contribution in [1.82, 2.24) is 30.4 Å². The first-order chi connectivity index (χ1) is 26.3. The molecular weight excluding hydrogens is 679 g/mol. The van der Waals surface area contributed by atoms with E-state index in [0.717, 1.165) is 44.1 Å². The van der Waals surface area contributed by atoms with Gasteiger partial charge in [0.15, 0.2) is 0 Å². The highest BCUT2D eigenvalue weighted by Crippen LogP contribution is 2.42. The molecule has 1 saturated heterocycles. The van der Waals surface area contributed by atoms with Crippen molar-refractivity contribution in [3.8, 4) is 11.3 Å². The predicted molar refractivity (Wildman–Crippen MR) is 207 cm³/mol. The summed E-state index contributed by atoms with van der Waals surface area (Å²) in [6.07, 6.45) is 9.51. The highest BCUT2D eigenvalue weighted by atomic mass is 16.2. The van der Waals surface area contributed by atoms with Crippen LogP contribution in [0.5, 0.6) is 0 Å². The van der Waals surface area contributed by atoms with Crippen molar-refractivity contribution in [2.75, 3.05) is 19.6 Å². The molecule has 54 heavy (non-hydrogen) atoms. The number of unbranched alkanes of at least 4 members (excludes halogenated alkanes) is 3. The number of likely N-dealkylation sites (tertiary alicyclic amines) is 1. The first-order valence-corrected chi connectivity index (χ1v) is 19.4. The molecule has 2 aliphatic carbocycles. The number of carbonyl (C=O) groups is 4. The van der Waals surface area contributed by atoms with Gasteiger partial charge in [-0.15, -0.1) is 0 Å². The maximum atomic E-state index is 13.9. The first kappa shape index (κ1) is 37.0. The predicted octanol–water partition coefficient (Wildman–Crippen LogP) is 4.61. The molecule has 11 nitrogen and oxygen atoms in total. The van der Waals surface area contributed by atoms with Gasteiger partial charge in [0, 0.05) is 67.4 Å². The lowest BCUT2D eigenvalue weighted by atomic mass is 9.94. The van der Waals surface area contributed by atoms with Crippen LogP contribution in [0.25, 0.3) is 11.3 Å². The summed E-state index contributed by atoms with van der Waals surface area (Å²) in [6, 6.07) is 26.8. The molecule has 1 aromatic heterocycles. The number of nitrogens with two attached hydrogens (primary N) is 1. The molecule has 2 saturated carbocycles. The third kappa shape index (κ3) is 8.90. The zero-order valence-electron chi connectivity index (χ0n) is 30.9. The van der Waals surface area contributed by atoms with E-state index >= 15 is 0 Å². The second kappa shape index (κ2) is 16.8. The fourth-order valence-electron chi connectivity index (χ4n) is 7.71. The summed E-state index contributed by atoms with van der Waals surface area (Å²) in [6.45, 7) is 3.40. The van der Waals surface area contributed by atoms with Crippen molar-refractivity contribution >= 4 is 23.6 Å². The fraction of sp³-hybridized carbons (Fsp3) is 0.419. The van der Waals surface area contributed by atoms with E-state index in [1.165, 1.54) is 11.1 Å². The number of amides is 4. The summed E-state index contributed by atoms with van der Waals surface area (Å²) < 4.78 is 1.80. The third-order valence-electron chi connectivity index (χ3n) is 11.1. The van der Waals surface area contributed by atoms with Crippen LogP contribution in [0, 0.1) is 11.8 Å². The van der Waals surface area contributed by atoms with E-state index in [2.05, 4.69) is 52.1 Å². The smallest absolute Gasteiger partial charge is 0.253 e. The van der Waals surface area contributed by atoms with Crippen LogP contribution in [0.1, 0.15) is 78.8 Å². The summed E-state index contributed by atoms with van der Waals surface area (Å²) in [5, 5.41) is 9.31. The minimum Gasteiger partial charge on any atom is -0.355 e. The van der Waals surface area contributed by atoms with Gasteiger partial charge in [-0.1, -0.05) is 99.0 Å². The minimum absolute atomic E-state index is 0.0171. The Hall–Kier alpha value is -5.29. The van der Waals surface area contributed by atoms with Gasteiger partial charge in [0.1, 0.15) is 6.04 Å². The number of hydrogen-bond acceptors (Lipinski definition) is 6. The maximum absolute atomic E-state index is 13.9. The average molecular weight is 730 g/mol. The monoisotopic (exact) mass is 729 g/mol. The minimum atomic E-state index is -0.695. The Kier molecular flexibility index (Phi) is 11.5. The molecular formula is C43H51N7O4. The molecule has 282 valence electrons. The van der Waals surface area contributed by atoms with Crippen LogP contribution in [0.4, 0.5) is 0 Å². The molecule has 0 spiro atoms. The summed E-state index contributed by atoms with van der Waals surface area (Å²) in [5.41, 5.74) is 10.5. The molecule has 7 atom stereocenters. The quantitative estimate of drug-likeness (QED) is 0.124. The molecule has 3 aliphatic rings. The van der Waals surface area contributed by atoms with Crippen molar-refractivity contribution in [2.24, 2.45) is 17.6 Å². The molecule has 11 heteroatoms. The summed E-state index contributed by atoms with van der Waals surface area (Å²) in [4.78, 5) is 60.1. The van der Waals surface area contributed by atoms with Crippen molar-refractivity contribution in [3.63, 3.8) is 0 Å². The van der Waals surface area contributed by atoms with E-state index in [4.69, 9.17) is 5.73 Å². The van der Waals surface area contributed by atoms with Crippen LogP contribution in [-0.2, 0) is 20.9 Å². The van der Waals surface area contributed by atoms with Gasteiger partial charge in [-0.25, -0.2) is 4.98 Å². The number of aromatic nitrogens is 2. The fourth-order valence-corrected chi connectivity index (χ4v) is 7.71. The number of nitrogens with zero attached hydrogens (tertiary/aromatic N) is 3. The van der Waals surface area contributed by atoms with Crippen LogP contribution in [0.2, 0.25) is 0 Å². The average Bonchev–Trinajstić information content (AvgIpc) is 4.03. The highest BCUT2D eigenvalue weighted by molar-refractivity contribution is 5.97. The molecule has 4 amide bonds. The van der Waals surface area contributed by atoms with Crippen LogP contribution in [0.15, 0.2) is 97.5 Å². The number of imidazole rings is 1. The highest BCUT2D eigenvalue weighted by Gasteiger charge is 2.48. The number of rotatable bonds is 16. The zero-order valence-corrected chi connectivity index (χ0v) is 30.9. The van der Waals surface area contributed by atoms with Crippen LogP contribution in [0.3, 0.4) is 0 Å². The Morgan fingerprint density at radius 3 is 1.91 bits per heavy atom. The largest absolute Gasteiger partial charge is 0.355 e. The number of nitrogens with one attached hydrogen (secondary N) is 3. The van der Waals surface area contributed by atoms with Gasteiger partial charge in [0.2, 0.25) is 17.7 Å². The van der Waals surface area contributed by atoms with E-state index in [-0.39, 0.29) is 60.6 Å². The van der Waals surface area contributed by atoms with Gasteiger partial charge in [0.25, 0.3) is 5.91 Å². The molecule has 5 N–H and O–H groups in total. The Balaban J connectivity index is 0.975. The lowest BCUT2D eigenvalue weighted by Crippen LogP contribution is -2.43. The molecule has 4 aromatic rings. The Morgan fingerprint density at radius 2 is 1.35 bits per heavy atom. The summed E-state index contributed by atoms with van der Waals surface area (Å²) >= 11 is 0. The molecule has 7 rings (SSSR count). The van der Waals surface area contributed by atoms with Crippen LogP contribution < -0.4 is 21.7 Å². The van der Waals surface area contributed by atoms with Gasteiger partial charge in [-0.3, -0.25) is 19.2 Å². The number of benzene rings is 3. The van der Waals surface area contributed by atoms with Gasteiger partial charge in [-0.05, 0) is 42.5 Å². The van der Waals surface area contributed by atoms with E-state index < -0.39 is 17.9 Å². The van der Waals surface area contributed by atoms with Crippen molar-refractivity contribution in [1.29, 1.82) is 0 Å². The van der Waals surface area contributed by atoms with Gasteiger partial charge >= 0.3 is 0 Å². The molecule has 0 bridgehead atoms. The Bertz CT molecular complexity index is 1840. The topological polar surface area (TPSA) is 151 Å². The van der Waals surface area contributed by atoms with E-state index in [9.17, 15) is 19.2 Å². The van der Waals surface area contributed by atoms with Crippen molar-refractivity contribution in [3.05, 3.63) is 114 Å². The SMILES string of the molecule is CCCCCCNC(=O)[C@@H](N)Cn1cnc(-c2ccc(C(=O)N3C[C@@H](C(=O)N[C@H]4C[C@@H]4c4ccccc4)[C@H](C(=O)N[C@H]4C[C@@H]4c4ccccc4)C3)cc2)c1. The molecule has 0 unspecified atom stereocenters. The van der Waals surface area contributed by atoms with Crippen molar-refractivity contribution < 1.29 is 19.2 Å². The Morgan fingerprint density at radius 1 is 0.778 bits per heavy atom.